The summed E-state index contributed by atoms with van der Waals surface area (Å²) in [6.07, 6.45) is 0. The number of aromatic carboxylic acids is 1. The Morgan fingerprint density at radius 2 is 2.19 bits per heavy atom. The van der Waals surface area contributed by atoms with Crippen molar-refractivity contribution in [3.05, 3.63) is 28.9 Å². The molecule has 0 saturated heterocycles. The Labute approximate surface area is 93.0 Å². The molecule has 0 radical (unpaired) electrons. The van der Waals surface area contributed by atoms with Gasteiger partial charge in [0.15, 0.2) is 5.69 Å². The molecule has 4 nitrogen and oxygen atoms in total. The monoisotopic (exact) mass is 246 g/mol. The first-order valence-electron chi connectivity index (χ1n) is 4.20. The van der Waals surface area contributed by atoms with Crippen molar-refractivity contribution in [2.24, 2.45) is 0 Å². The lowest BCUT2D eigenvalue weighted by molar-refractivity contribution is 0.0585. The van der Waals surface area contributed by atoms with Gasteiger partial charge in [-0.2, -0.15) is 13.9 Å². The third-order valence-corrected chi connectivity index (χ3v) is 2.29. The lowest BCUT2D eigenvalue weighted by Crippen LogP contribution is -2.03. The van der Waals surface area contributed by atoms with Gasteiger partial charge in [-0.3, -0.25) is 0 Å². The smallest absolute Gasteiger partial charge is 0.357 e. The lowest BCUT2D eigenvalue weighted by Gasteiger charge is -1.99. The molecule has 0 aliphatic heterocycles. The normalized spacial score (nSPS) is 11.2. The number of nitrogens with zero attached hydrogens (tertiary/aromatic N) is 2. The van der Waals surface area contributed by atoms with E-state index in [1.165, 1.54) is 18.2 Å². The molecule has 16 heavy (non-hydrogen) atoms. The summed E-state index contributed by atoms with van der Waals surface area (Å²) in [5.41, 5.74) is -0.394. The maximum absolute atomic E-state index is 12.5. The number of carboxylic acid groups (broad SMARTS) is 1. The second-order valence-corrected chi connectivity index (χ2v) is 3.47. The van der Waals surface area contributed by atoms with Crippen LogP contribution in [0.5, 0.6) is 0 Å². The number of hydrogen-bond acceptors (Lipinski definition) is 2. The van der Waals surface area contributed by atoms with Crippen molar-refractivity contribution in [2.45, 2.75) is 6.55 Å². The molecule has 1 N–H and O–H groups in total. The number of fused-ring (bicyclic) bond motifs is 1. The Morgan fingerprint density at radius 3 is 2.75 bits per heavy atom. The van der Waals surface area contributed by atoms with Gasteiger partial charge in [0, 0.05) is 10.4 Å². The highest BCUT2D eigenvalue weighted by Crippen LogP contribution is 2.26. The quantitative estimate of drug-likeness (QED) is 0.886. The van der Waals surface area contributed by atoms with Gasteiger partial charge in [-0.25, -0.2) is 9.48 Å². The van der Waals surface area contributed by atoms with Crippen LogP contribution in [0.25, 0.3) is 10.9 Å². The van der Waals surface area contributed by atoms with Crippen LogP contribution in [0.2, 0.25) is 5.02 Å². The van der Waals surface area contributed by atoms with E-state index in [9.17, 15) is 13.6 Å². The van der Waals surface area contributed by atoms with Gasteiger partial charge in [0.2, 0.25) is 0 Å². The first-order chi connectivity index (χ1) is 7.50. The highest BCUT2D eigenvalue weighted by Gasteiger charge is 2.20. The average Bonchev–Trinajstić information content (AvgIpc) is 2.56. The number of rotatable bonds is 2. The van der Waals surface area contributed by atoms with Gasteiger partial charge >= 0.3 is 12.5 Å². The van der Waals surface area contributed by atoms with Gasteiger partial charge < -0.3 is 5.11 Å². The molecule has 84 valence electrons. The van der Waals surface area contributed by atoms with E-state index in [2.05, 4.69) is 5.10 Å². The molecule has 2 aromatic rings. The second kappa shape index (κ2) is 3.71. The minimum Gasteiger partial charge on any atom is -0.476 e. The van der Waals surface area contributed by atoms with Crippen LogP contribution in [-0.4, -0.2) is 20.9 Å². The Bertz CT molecular complexity index is 568. The van der Waals surface area contributed by atoms with Crippen molar-refractivity contribution in [3.63, 3.8) is 0 Å². The number of aromatic nitrogens is 2. The maximum atomic E-state index is 12.5. The largest absolute Gasteiger partial charge is 0.476 e. The van der Waals surface area contributed by atoms with Crippen molar-refractivity contribution in [2.75, 3.05) is 0 Å². The van der Waals surface area contributed by atoms with E-state index in [0.717, 1.165) is 0 Å². The van der Waals surface area contributed by atoms with E-state index < -0.39 is 18.2 Å². The Balaban J connectivity index is 2.81. The molecule has 0 aliphatic carbocycles. The molecule has 0 fully saturated rings. The minimum absolute atomic E-state index is 0.0387. The molecule has 0 amide bonds. The predicted molar refractivity (Wildman–Crippen MR) is 53.0 cm³/mol. The zero-order valence-electron chi connectivity index (χ0n) is 7.69. The molecule has 0 aliphatic rings. The van der Waals surface area contributed by atoms with E-state index in [1.54, 1.807) is 0 Å². The standard InChI is InChI=1S/C9H5ClF2N2O2/c10-4-1-2-6-5(3-4)7(8(15)16)13-14(6)9(11)12/h1-3,9H,(H,15,16). The number of alkyl halides is 2. The fourth-order valence-corrected chi connectivity index (χ4v) is 1.59. The summed E-state index contributed by atoms with van der Waals surface area (Å²) in [6.45, 7) is -2.89. The molecule has 1 aromatic heterocycles. The fraction of sp³-hybridized carbons (Fsp3) is 0.111. The lowest BCUT2D eigenvalue weighted by atomic mass is 10.2. The molecule has 0 unspecified atom stereocenters. The van der Waals surface area contributed by atoms with Crippen molar-refractivity contribution in [3.8, 4) is 0 Å². The Kier molecular flexibility index (Phi) is 2.51. The number of hydrogen-bond donors (Lipinski definition) is 1. The van der Waals surface area contributed by atoms with Gasteiger partial charge in [0.1, 0.15) is 0 Å². The predicted octanol–water partition coefficient (Wildman–Crippen LogP) is 2.78. The zero-order valence-corrected chi connectivity index (χ0v) is 8.45. The summed E-state index contributed by atoms with van der Waals surface area (Å²) in [7, 11) is 0. The number of carboxylic acids is 1. The molecule has 7 heteroatoms. The van der Waals surface area contributed by atoms with E-state index >= 15 is 0 Å². The van der Waals surface area contributed by atoms with Crippen LogP contribution in [0.3, 0.4) is 0 Å². The molecule has 0 saturated carbocycles. The number of halogens is 3. The van der Waals surface area contributed by atoms with Crippen LogP contribution in [0.4, 0.5) is 8.78 Å². The molecule has 0 spiro atoms. The topological polar surface area (TPSA) is 55.1 Å². The summed E-state index contributed by atoms with van der Waals surface area (Å²) in [4.78, 5) is 10.8. The number of carbonyl (C=O) groups is 1. The van der Waals surface area contributed by atoms with Gasteiger partial charge in [-0.1, -0.05) is 11.6 Å². The summed E-state index contributed by atoms with van der Waals surface area (Å²) >= 11 is 5.67. The summed E-state index contributed by atoms with van der Waals surface area (Å²) in [5.74, 6) is -1.37. The van der Waals surface area contributed by atoms with Gasteiger partial charge in [0.05, 0.1) is 5.52 Å². The van der Waals surface area contributed by atoms with Gasteiger partial charge in [-0.05, 0) is 18.2 Å². The molecule has 1 aromatic carbocycles. The highest BCUT2D eigenvalue weighted by atomic mass is 35.5. The molecule has 0 atom stereocenters. The zero-order chi connectivity index (χ0) is 11.9. The van der Waals surface area contributed by atoms with Crippen LogP contribution in [-0.2, 0) is 0 Å². The third-order valence-electron chi connectivity index (χ3n) is 2.06. The van der Waals surface area contributed by atoms with Crippen LogP contribution >= 0.6 is 11.6 Å². The Morgan fingerprint density at radius 1 is 1.50 bits per heavy atom. The third kappa shape index (κ3) is 1.61. The van der Waals surface area contributed by atoms with E-state index in [1.807, 2.05) is 0 Å². The maximum Gasteiger partial charge on any atom is 0.357 e. The Hall–Kier alpha value is -1.69. The first-order valence-corrected chi connectivity index (χ1v) is 4.57. The molecule has 1 heterocycles. The number of benzene rings is 1. The highest BCUT2D eigenvalue weighted by molar-refractivity contribution is 6.31. The van der Waals surface area contributed by atoms with Crippen molar-refractivity contribution in [1.82, 2.24) is 9.78 Å². The van der Waals surface area contributed by atoms with E-state index in [0.29, 0.717) is 4.68 Å². The van der Waals surface area contributed by atoms with E-state index in [4.69, 9.17) is 16.7 Å². The van der Waals surface area contributed by atoms with Crippen molar-refractivity contribution >= 4 is 28.5 Å². The van der Waals surface area contributed by atoms with Crippen molar-refractivity contribution < 1.29 is 18.7 Å². The first kappa shape index (κ1) is 10.8. The summed E-state index contributed by atoms with van der Waals surface area (Å²) in [5, 5.41) is 12.5. The van der Waals surface area contributed by atoms with Crippen LogP contribution in [0, 0.1) is 0 Å². The molecular weight excluding hydrogens is 242 g/mol. The van der Waals surface area contributed by atoms with Crippen LogP contribution in [0.1, 0.15) is 17.0 Å². The average molecular weight is 247 g/mol. The van der Waals surface area contributed by atoms with Crippen LogP contribution in [0.15, 0.2) is 18.2 Å². The molecule has 2 rings (SSSR count). The van der Waals surface area contributed by atoms with Gasteiger partial charge in [-0.15, -0.1) is 0 Å². The second-order valence-electron chi connectivity index (χ2n) is 3.04. The molecular formula is C9H5ClF2N2O2. The van der Waals surface area contributed by atoms with Crippen LogP contribution < -0.4 is 0 Å². The SMILES string of the molecule is O=C(O)c1nn(C(F)F)c2ccc(Cl)cc12. The molecule has 0 bridgehead atoms. The fourth-order valence-electron chi connectivity index (χ4n) is 1.42. The minimum atomic E-state index is -2.89. The van der Waals surface area contributed by atoms with Crippen molar-refractivity contribution in [1.29, 1.82) is 0 Å². The summed E-state index contributed by atoms with van der Waals surface area (Å²) in [6, 6.07) is 4.01. The summed E-state index contributed by atoms with van der Waals surface area (Å²) < 4.78 is 25.5. The van der Waals surface area contributed by atoms with Gasteiger partial charge in [0.25, 0.3) is 0 Å². The van der Waals surface area contributed by atoms with E-state index in [-0.39, 0.29) is 15.9 Å².